The highest BCUT2D eigenvalue weighted by Crippen LogP contribution is 2.22. The molecule has 1 amide bonds. The average molecular weight is 346 g/mol. The second-order valence-electron chi connectivity index (χ2n) is 4.72. The molecule has 0 radical (unpaired) electrons. The molecule has 1 saturated heterocycles. The van der Waals surface area contributed by atoms with Crippen molar-refractivity contribution in [2.24, 2.45) is 5.92 Å². The Morgan fingerprint density at radius 3 is 2.63 bits per heavy atom. The number of likely N-dealkylation sites (tertiary alicyclic amines) is 1. The van der Waals surface area contributed by atoms with Crippen molar-refractivity contribution in [3.8, 4) is 0 Å². The predicted molar refractivity (Wildman–Crippen MR) is 77.3 cm³/mol. The molecule has 1 fully saturated rings. The fourth-order valence-electron chi connectivity index (χ4n) is 2.25. The zero-order valence-electron chi connectivity index (χ0n) is 10.5. The summed E-state index contributed by atoms with van der Waals surface area (Å²) in [6, 6.07) is 2.04. The molecule has 1 aromatic rings. The second-order valence-corrected chi connectivity index (χ2v) is 6.64. The van der Waals surface area contributed by atoms with E-state index in [0.717, 1.165) is 10.9 Å². The van der Waals surface area contributed by atoms with Gasteiger partial charge in [-0.25, -0.2) is 0 Å². The van der Waals surface area contributed by atoms with Gasteiger partial charge in [0.15, 0.2) is 0 Å². The van der Waals surface area contributed by atoms with E-state index in [9.17, 15) is 9.59 Å². The first-order chi connectivity index (χ1) is 9.06. The lowest BCUT2D eigenvalue weighted by Crippen LogP contribution is -2.40. The summed E-state index contributed by atoms with van der Waals surface area (Å²) in [6.07, 6.45) is 2.41. The number of piperidine rings is 1. The lowest BCUT2D eigenvalue weighted by molar-refractivity contribution is -0.145. The minimum atomic E-state index is -0.740. The van der Waals surface area contributed by atoms with Crippen LogP contribution in [0.2, 0.25) is 0 Å². The number of carboxylic acids is 1. The van der Waals surface area contributed by atoms with Crippen LogP contribution in [0.25, 0.3) is 0 Å². The number of halogens is 1. The third kappa shape index (κ3) is 4.04. The number of aryl methyl sites for hydroxylation is 1. The fourth-order valence-corrected chi connectivity index (χ4v) is 3.70. The maximum Gasteiger partial charge on any atom is 0.306 e. The van der Waals surface area contributed by atoms with Crippen molar-refractivity contribution in [3.63, 3.8) is 0 Å². The van der Waals surface area contributed by atoms with Crippen molar-refractivity contribution < 1.29 is 14.7 Å². The molecule has 2 rings (SSSR count). The molecule has 104 valence electrons. The highest BCUT2D eigenvalue weighted by molar-refractivity contribution is 9.10. The Kier molecular flexibility index (Phi) is 4.99. The number of rotatable bonds is 4. The third-order valence-electron chi connectivity index (χ3n) is 3.40. The van der Waals surface area contributed by atoms with E-state index in [-0.39, 0.29) is 11.8 Å². The molecule has 0 unspecified atom stereocenters. The van der Waals surface area contributed by atoms with Crippen LogP contribution in [0, 0.1) is 5.92 Å². The maximum atomic E-state index is 12.0. The van der Waals surface area contributed by atoms with Crippen molar-refractivity contribution in [3.05, 3.63) is 20.8 Å². The van der Waals surface area contributed by atoms with Crippen molar-refractivity contribution in [2.45, 2.75) is 25.7 Å². The molecule has 0 bridgehead atoms. The van der Waals surface area contributed by atoms with Gasteiger partial charge in [-0.2, -0.15) is 0 Å². The number of carbonyl (C=O) groups is 2. The van der Waals surface area contributed by atoms with Crippen molar-refractivity contribution in [1.82, 2.24) is 4.90 Å². The van der Waals surface area contributed by atoms with Gasteiger partial charge in [0.1, 0.15) is 0 Å². The molecule has 1 N–H and O–H groups in total. The molecule has 6 heteroatoms. The van der Waals surface area contributed by atoms with Gasteiger partial charge in [0, 0.05) is 34.2 Å². The number of amides is 1. The first-order valence-electron chi connectivity index (χ1n) is 6.30. The third-order valence-corrected chi connectivity index (χ3v) is 5.16. The number of carbonyl (C=O) groups excluding carboxylic acids is 1. The highest BCUT2D eigenvalue weighted by Gasteiger charge is 2.26. The molecule has 0 atom stereocenters. The van der Waals surface area contributed by atoms with Crippen molar-refractivity contribution in [2.75, 3.05) is 13.1 Å². The van der Waals surface area contributed by atoms with E-state index in [4.69, 9.17) is 5.11 Å². The van der Waals surface area contributed by atoms with Crippen LogP contribution in [-0.2, 0) is 16.0 Å². The average Bonchev–Trinajstić information content (AvgIpc) is 2.82. The molecule has 4 nitrogen and oxygen atoms in total. The van der Waals surface area contributed by atoms with Gasteiger partial charge >= 0.3 is 5.97 Å². The Morgan fingerprint density at radius 2 is 2.11 bits per heavy atom. The Labute approximate surface area is 124 Å². The minimum absolute atomic E-state index is 0.133. The van der Waals surface area contributed by atoms with E-state index in [1.807, 2.05) is 11.4 Å². The summed E-state index contributed by atoms with van der Waals surface area (Å²) >= 11 is 5.04. The maximum absolute atomic E-state index is 12.0. The van der Waals surface area contributed by atoms with E-state index in [2.05, 4.69) is 15.9 Å². The van der Waals surface area contributed by atoms with Crippen LogP contribution in [0.5, 0.6) is 0 Å². The number of thiophene rings is 1. The molecule has 0 spiro atoms. The Hall–Kier alpha value is -0.880. The molecule has 0 aromatic carbocycles. The molecule has 19 heavy (non-hydrogen) atoms. The molecule has 1 aliphatic rings. The van der Waals surface area contributed by atoms with E-state index in [1.54, 1.807) is 16.2 Å². The van der Waals surface area contributed by atoms with E-state index < -0.39 is 5.97 Å². The first-order valence-corrected chi connectivity index (χ1v) is 7.97. The largest absolute Gasteiger partial charge is 0.481 e. The van der Waals surface area contributed by atoms with Gasteiger partial charge < -0.3 is 10.0 Å². The summed E-state index contributed by atoms with van der Waals surface area (Å²) in [6.45, 7) is 1.15. The summed E-state index contributed by atoms with van der Waals surface area (Å²) in [4.78, 5) is 25.9. The van der Waals surface area contributed by atoms with Gasteiger partial charge in [0.05, 0.1) is 5.92 Å². The molecular weight excluding hydrogens is 330 g/mol. The van der Waals surface area contributed by atoms with Gasteiger partial charge in [-0.3, -0.25) is 9.59 Å². The Balaban J connectivity index is 1.77. The summed E-state index contributed by atoms with van der Waals surface area (Å²) in [5.41, 5.74) is 0. The number of hydrogen-bond donors (Lipinski definition) is 1. The summed E-state index contributed by atoms with van der Waals surface area (Å²) in [7, 11) is 0. The summed E-state index contributed by atoms with van der Waals surface area (Å²) < 4.78 is 1.06. The SMILES string of the molecule is O=C(O)C1CCN(C(=O)CCc2cc(Br)cs2)CC1. The molecule has 1 aliphatic heterocycles. The molecule has 0 saturated carbocycles. The van der Waals surface area contributed by atoms with Crippen LogP contribution in [0.3, 0.4) is 0 Å². The van der Waals surface area contributed by atoms with Crippen LogP contribution >= 0.6 is 27.3 Å². The topological polar surface area (TPSA) is 57.6 Å². The second kappa shape index (κ2) is 6.52. The van der Waals surface area contributed by atoms with Crippen molar-refractivity contribution >= 4 is 39.1 Å². The molecule has 1 aromatic heterocycles. The number of hydrogen-bond acceptors (Lipinski definition) is 3. The molecule has 0 aliphatic carbocycles. The van der Waals surface area contributed by atoms with Crippen molar-refractivity contribution in [1.29, 1.82) is 0 Å². The van der Waals surface area contributed by atoms with Gasteiger partial charge in [-0.15, -0.1) is 11.3 Å². The monoisotopic (exact) mass is 345 g/mol. The number of nitrogens with zero attached hydrogens (tertiary/aromatic N) is 1. The number of carboxylic acid groups (broad SMARTS) is 1. The standard InChI is InChI=1S/C13H16BrNO3S/c14-10-7-11(19-8-10)1-2-12(16)15-5-3-9(4-6-15)13(17)18/h7-9H,1-6H2,(H,17,18). The highest BCUT2D eigenvalue weighted by atomic mass is 79.9. The summed E-state index contributed by atoms with van der Waals surface area (Å²) in [5.74, 6) is -0.888. The van der Waals surface area contributed by atoms with Crippen LogP contribution < -0.4 is 0 Å². The molecular formula is C13H16BrNO3S. The zero-order chi connectivity index (χ0) is 13.8. The van der Waals surface area contributed by atoms with Gasteiger partial charge in [-0.1, -0.05) is 0 Å². The molecule has 2 heterocycles. The lowest BCUT2D eigenvalue weighted by atomic mass is 9.97. The van der Waals surface area contributed by atoms with Gasteiger partial charge in [0.2, 0.25) is 5.91 Å². The van der Waals surface area contributed by atoms with Crippen LogP contribution in [0.4, 0.5) is 0 Å². The summed E-state index contributed by atoms with van der Waals surface area (Å²) in [5, 5.41) is 10.9. The first kappa shape index (κ1) is 14.5. The Morgan fingerprint density at radius 1 is 1.42 bits per heavy atom. The van der Waals surface area contributed by atoms with E-state index >= 15 is 0 Å². The van der Waals surface area contributed by atoms with Crippen LogP contribution in [0.15, 0.2) is 15.9 Å². The van der Waals surface area contributed by atoms with Crippen LogP contribution in [-0.4, -0.2) is 35.0 Å². The number of aliphatic carboxylic acids is 1. The normalized spacial score (nSPS) is 16.6. The van der Waals surface area contributed by atoms with Gasteiger partial charge in [0.25, 0.3) is 0 Å². The van der Waals surface area contributed by atoms with Gasteiger partial charge in [-0.05, 0) is 41.3 Å². The van der Waals surface area contributed by atoms with E-state index in [1.165, 1.54) is 4.88 Å². The quantitative estimate of drug-likeness (QED) is 0.912. The predicted octanol–water partition coefficient (Wildman–Crippen LogP) is 2.77. The van der Waals surface area contributed by atoms with Crippen LogP contribution in [0.1, 0.15) is 24.1 Å². The smallest absolute Gasteiger partial charge is 0.306 e. The Bertz CT molecular complexity index is 466. The zero-order valence-corrected chi connectivity index (χ0v) is 12.9. The van der Waals surface area contributed by atoms with E-state index in [0.29, 0.717) is 32.4 Å². The minimum Gasteiger partial charge on any atom is -0.481 e. The fraction of sp³-hybridized carbons (Fsp3) is 0.538. The lowest BCUT2D eigenvalue weighted by Gasteiger charge is -2.30.